The van der Waals surface area contributed by atoms with E-state index in [1.165, 1.54) is 0 Å². The highest BCUT2D eigenvalue weighted by Crippen LogP contribution is 2.13. The van der Waals surface area contributed by atoms with Crippen molar-refractivity contribution in [2.24, 2.45) is 0 Å². The molecule has 1 heteroatoms. The van der Waals surface area contributed by atoms with Crippen molar-refractivity contribution >= 4 is 0 Å². The van der Waals surface area contributed by atoms with Crippen molar-refractivity contribution in [2.75, 3.05) is 0 Å². The van der Waals surface area contributed by atoms with Crippen molar-refractivity contribution in [3.8, 4) is 0 Å². The van der Waals surface area contributed by atoms with Crippen LogP contribution in [0.2, 0.25) is 0 Å². The van der Waals surface area contributed by atoms with E-state index >= 15 is 0 Å². The minimum Gasteiger partial charge on any atom is -0.385 e. The van der Waals surface area contributed by atoms with Gasteiger partial charge in [0.1, 0.15) is 0 Å². The normalized spacial score (nSPS) is 15.5. The fraction of sp³-hybridized carbons (Fsp3) is 0.667. The van der Waals surface area contributed by atoms with Gasteiger partial charge in [-0.25, -0.2) is 0 Å². The molecule has 0 aliphatic carbocycles. The van der Waals surface area contributed by atoms with Gasteiger partial charge in [-0.3, -0.25) is 0 Å². The Morgan fingerprint density at radius 3 is 2.70 bits per heavy atom. The van der Waals surface area contributed by atoms with E-state index in [-0.39, 0.29) is 0 Å². The Morgan fingerprint density at radius 2 is 2.30 bits per heavy atom. The van der Waals surface area contributed by atoms with Crippen molar-refractivity contribution in [2.45, 2.75) is 38.7 Å². The molecule has 0 fully saturated rings. The Kier molecular flexibility index (Phi) is 4.10. The monoisotopic (exact) mass is 140 g/mol. The zero-order valence-electron chi connectivity index (χ0n) is 6.85. The maximum Gasteiger partial charge on any atom is 0.0872 e. The minimum atomic E-state index is -0.697. The Balaban J connectivity index is 3.74. The fourth-order valence-electron chi connectivity index (χ4n) is 0.827. The molecule has 0 aromatic carbocycles. The summed E-state index contributed by atoms with van der Waals surface area (Å²) in [5.41, 5.74) is 1.90. The Hall–Kier alpha value is -0.520. The first-order chi connectivity index (χ1) is 4.62. The number of aliphatic hydroxyl groups is 1. The second kappa shape index (κ2) is 4.32. The summed E-state index contributed by atoms with van der Waals surface area (Å²) in [5, 5.41) is 9.49. The lowest BCUT2D eigenvalue weighted by Gasteiger charge is -2.16. The lowest BCUT2D eigenvalue weighted by molar-refractivity contribution is 0.0993. The maximum atomic E-state index is 9.49. The molecular weight excluding hydrogens is 124 g/mol. The average molecular weight is 140 g/mol. The Labute approximate surface area is 63.1 Å². The van der Waals surface area contributed by atoms with Gasteiger partial charge in [0.05, 0.1) is 5.60 Å². The van der Waals surface area contributed by atoms with E-state index in [1.54, 1.807) is 13.0 Å². The summed E-state index contributed by atoms with van der Waals surface area (Å²) >= 11 is 0. The first-order valence-electron chi connectivity index (χ1n) is 3.72. The molecule has 10 heavy (non-hydrogen) atoms. The molecule has 0 aromatic heterocycles. The minimum absolute atomic E-state index is 0.697. The third-order valence-electron chi connectivity index (χ3n) is 1.45. The van der Waals surface area contributed by atoms with E-state index < -0.39 is 5.60 Å². The van der Waals surface area contributed by atoms with Crippen LogP contribution in [0.5, 0.6) is 0 Å². The van der Waals surface area contributed by atoms with Crippen LogP contribution < -0.4 is 0 Å². The van der Waals surface area contributed by atoms with Crippen LogP contribution >= 0.6 is 0 Å². The van der Waals surface area contributed by atoms with Gasteiger partial charge >= 0.3 is 0 Å². The number of rotatable bonds is 4. The predicted molar refractivity (Wildman–Crippen MR) is 43.9 cm³/mol. The van der Waals surface area contributed by atoms with E-state index in [0.717, 1.165) is 19.3 Å². The van der Waals surface area contributed by atoms with Gasteiger partial charge in [0.2, 0.25) is 0 Å². The Bertz CT molecular complexity index is 130. The summed E-state index contributed by atoms with van der Waals surface area (Å²) in [6.45, 7) is 7.30. The van der Waals surface area contributed by atoms with Crippen LogP contribution in [0, 0.1) is 0 Å². The predicted octanol–water partition coefficient (Wildman–Crippen LogP) is 2.27. The molecule has 0 heterocycles. The summed E-state index contributed by atoms with van der Waals surface area (Å²) in [6.07, 6.45) is 4.57. The van der Waals surface area contributed by atoms with Gasteiger partial charge in [-0.2, -0.15) is 0 Å². The topological polar surface area (TPSA) is 20.2 Å². The van der Waals surface area contributed by atoms with Crippen LogP contribution in [0.15, 0.2) is 18.4 Å². The fourth-order valence-corrected chi connectivity index (χ4v) is 0.827. The lowest BCUT2D eigenvalue weighted by Crippen LogP contribution is -2.19. The average Bonchev–Trinajstić information content (AvgIpc) is 1.84. The van der Waals surface area contributed by atoms with Gasteiger partial charge in [0.25, 0.3) is 0 Å². The molecule has 0 saturated carbocycles. The van der Waals surface area contributed by atoms with Crippen LogP contribution in [0.25, 0.3) is 0 Å². The molecule has 0 unspecified atom stereocenters. The number of hydrogen-bond acceptors (Lipinski definition) is 1. The molecule has 0 amide bonds. The molecule has 0 bridgehead atoms. The van der Waals surface area contributed by atoms with Crippen molar-refractivity contribution in [1.29, 1.82) is 0 Å². The highest BCUT2D eigenvalue weighted by molar-refractivity contribution is 4.94. The van der Waals surface area contributed by atoms with E-state index in [9.17, 15) is 5.11 Å². The second-order valence-electron chi connectivity index (χ2n) is 2.81. The second-order valence-corrected chi connectivity index (χ2v) is 2.81. The molecule has 0 radical (unpaired) electrons. The van der Waals surface area contributed by atoms with Gasteiger partial charge in [0, 0.05) is 0 Å². The molecule has 0 aliphatic rings. The molecule has 1 N–H and O–H groups in total. The number of hydrogen-bond donors (Lipinski definition) is 1. The van der Waals surface area contributed by atoms with E-state index in [4.69, 9.17) is 0 Å². The van der Waals surface area contributed by atoms with Gasteiger partial charge in [-0.05, 0) is 19.4 Å². The SMILES string of the molecule is C=C=C[C@@](C)(O)CCCC. The summed E-state index contributed by atoms with van der Waals surface area (Å²) in [5.74, 6) is 0. The van der Waals surface area contributed by atoms with Crippen molar-refractivity contribution < 1.29 is 5.11 Å². The summed E-state index contributed by atoms with van der Waals surface area (Å²) < 4.78 is 0. The van der Waals surface area contributed by atoms with Crippen molar-refractivity contribution in [1.82, 2.24) is 0 Å². The summed E-state index contributed by atoms with van der Waals surface area (Å²) in [6, 6.07) is 0. The highest BCUT2D eigenvalue weighted by Gasteiger charge is 2.13. The smallest absolute Gasteiger partial charge is 0.0872 e. The van der Waals surface area contributed by atoms with Crippen molar-refractivity contribution in [3.05, 3.63) is 18.4 Å². The third kappa shape index (κ3) is 4.37. The quantitative estimate of drug-likeness (QED) is 0.594. The standard InChI is InChI=1S/C9H16O/c1-4-6-8-9(3,10)7-5-2/h7,10H,2,4,6,8H2,1,3H3/t9-/m1/s1. The Morgan fingerprint density at radius 1 is 1.70 bits per heavy atom. The first kappa shape index (κ1) is 9.48. The van der Waals surface area contributed by atoms with Crippen LogP contribution in [-0.2, 0) is 0 Å². The van der Waals surface area contributed by atoms with Gasteiger partial charge in [-0.1, -0.05) is 26.3 Å². The first-order valence-corrected chi connectivity index (χ1v) is 3.72. The van der Waals surface area contributed by atoms with Gasteiger partial charge < -0.3 is 5.11 Å². The molecule has 0 saturated heterocycles. The van der Waals surface area contributed by atoms with E-state index in [1.807, 2.05) is 0 Å². The molecule has 0 aromatic rings. The molecule has 58 valence electrons. The van der Waals surface area contributed by atoms with Gasteiger partial charge in [-0.15, -0.1) is 5.73 Å². The van der Waals surface area contributed by atoms with Crippen LogP contribution in [0.1, 0.15) is 33.1 Å². The van der Waals surface area contributed by atoms with Crippen LogP contribution in [-0.4, -0.2) is 10.7 Å². The maximum absolute atomic E-state index is 9.49. The lowest BCUT2D eigenvalue weighted by atomic mass is 9.99. The van der Waals surface area contributed by atoms with E-state index in [0.29, 0.717) is 0 Å². The summed E-state index contributed by atoms with van der Waals surface area (Å²) in [7, 11) is 0. The van der Waals surface area contributed by atoms with Crippen LogP contribution in [0.4, 0.5) is 0 Å². The molecule has 0 aliphatic heterocycles. The number of unbranched alkanes of at least 4 members (excludes halogenated alkanes) is 1. The molecular formula is C9H16O. The zero-order chi connectivity index (χ0) is 8.04. The highest BCUT2D eigenvalue weighted by atomic mass is 16.3. The zero-order valence-corrected chi connectivity index (χ0v) is 6.85. The molecule has 1 atom stereocenters. The summed E-state index contributed by atoms with van der Waals surface area (Å²) in [4.78, 5) is 0. The largest absolute Gasteiger partial charge is 0.385 e. The van der Waals surface area contributed by atoms with Crippen LogP contribution in [0.3, 0.4) is 0 Å². The molecule has 1 nitrogen and oxygen atoms in total. The third-order valence-corrected chi connectivity index (χ3v) is 1.45. The van der Waals surface area contributed by atoms with Gasteiger partial charge in [0.15, 0.2) is 0 Å². The molecule has 0 spiro atoms. The van der Waals surface area contributed by atoms with Crippen molar-refractivity contribution in [3.63, 3.8) is 0 Å². The molecule has 0 rings (SSSR count). The van der Waals surface area contributed by atoms with E-state index in [2.05, 4.69) is 19.2 Å².